The Hall–Kier alpha value is -1.99. The molecule has 0 bridgehead atoms. The Morgan fingerprint density at radius 2 is 2.20 bits per heavy atom. The summed E-state index contributed by atoms with van der Waals surface area (Å²) in [6.45, 7) is 2.08. The molecule has 2 aromatic rings. The molecular formula is C13H20N6O. The van der Waals surface area contributed by atoms with Crippen molar-refractivity contribution in [3.05, 3.63) is 35.3 Å². The molecule has 0 aliphatic heterocycles. The van der Waals surface area contributed by atoms with Gasteiger partial charge >= 0.3 is 0 Å². The average Bonchev–Trinajstić information content (AvgIpc) is 2.85. The van der Waals surface area contributed by atoms with Gasteiger partial charge in [0.05, 0.1) is 24.5 Å². The van der Waals surface area contributed by atoms with Crippen LogP contribution in [0.2, 0.25) is 0 Å². The van der Waals surface area contributed by atoms with Gasteiger partial charge in [-0.25, -0.2) is 0 Å². The van der Waals surface area contributed by atoms with E-state index in [4.69, 9.17) is 10.6 Å². The number of nitrogens with two attached hydrogens (primary N) is 1. The van der Waals surface area contributed by atoms with Gasteiger partial charge in [0.2, 0.25) is 5.88 Å². The number of hydrogen-bond acceptors (Lipinski definition) is 6. The zero-order valence-corrected chi connectivity index (χ0v) is 12.0. The van der Waals surface area contributed by atoms with E-state index in [1.54, 1.807) is 13.2 Å². The standard InChI is InChI=1S/C13H20N6O/c1-4-9-7-10(19(2)18-9)8-12(15-14)11-5-6-13(20-3)17-16-11/h5-7,12,15H,4,8,14H2,1-3H3. The highest BCUT2D eigenvalue weighted by atomic mass is 16.5. The van der Waals surface area contributed by atoms with Gasteiger partial charge in [-0.2, -0.15) is 10.2 Å². The summed E-state index contributed by atoms with van der Waals surface area (Å²) in [5.74, 6) is 6.12. The van der Waals surface area contributed by atoms with Crippen molar-refractivity contribution in [1.82, 2.24) is 25.4 Å². The fourth-order valence-corrected chi connectivity index (χ4v) is 2.02. The van der Waals surface area contributed by atoms with E-state index in [1.165, 1.54) is 0 Å². The van der Waals surface area contributed by atoms with Crippen molar-refractivity contribution in [1.29, 1.82) is 0 Å². The molecule has 0 aliphatic carbocycles. The van der Waals surface area contributed by atoms with Crippen LogP contribution < -0.4 is 16.0 Å². The third-order valence-electron chi connectivity index (χ3n) is 3.23. The number of methoxy groups -OCH3 is 1. The first-order valence-corrected chi connectivity index (χ1v) is 6.53. The van der Waals surface area contributed by atoms with Gasteiger partial charge < -0.3 is 4.74 Å². The maximum Gasteiger partial charge on any atom is 0.233 e. The number of aromatic nitrogens is 4. The molecule has 0 saturated carbocycles. The number of rotatable bonds is 6. The van der Waals surface area contributed by atoms with Crippen LogP contribution >= 0.6 is 0 Å². The van der Waals surface area contributed by atoms with Gasteiger partial charge in [0.25, 0.3) is 0 Å². The van der Waals surface area contributed by atoms with Gasteiger partial charge in [-0.05, 0) is 18.6 Å². The molecule has 2 rings (SSSR count). The lowest BCUT2D eigenvalue weighted by Gasteiger charge is -2.14. The lowest BCUT2D eigenvalue weighted by Crippen LogP contribution is -2.31. The van der Waals surface area contributed by atoms with Crippen molar-refractivity contribution >= 4 is 0 Å². The van der Waals surface area contributed by atoms with Crippen molar-refractivity contribution in [3.63, 3.8) is 0 Å². The van der Waals surface area contributed by atoms with Crippen molar-refractivity contribution in [3.8, 4) is 5.88 Å². The fraction of sp³-hybridized carbons (Fsp3) is 0.462. The summed E-state index contributed by atoms with van der Waals surface area (Å²) in [6, 6.07) is 5.59. The molecule has 1 atom stereocenters. The smallest absolute Gasteiger partial charge is 0.233 e. The van der Waals surface area contributed by atoms with Crippen LogP contribution in [0.4, 0.5) is 0 Å². The van der Waals surface area contributed by atoms with Crippen LogP contribution in [0.15, 0.2) is 18.2 Å². The second kappa shape index (κ2) is 6.44. The van der Waals surface area contributed by atoms with Crippen LogP contribution in [-0.2, 0) is 19.9 Å². The van der Waals surface area contributed by atoms with E-state index in [-0.39, 0.29) is 6.04 Å². The average molecular weight is 276 g/mol. The monoisotopic (exact) mass is 276 g/mol. The van der Waals surface area contributed by atoms with Crippen molar-refractivity contribution in [2.75, 3.05) is 7.11 Å². The van der Waals surface area contributed by atoms with Crippen molar-refractivity contribution in [2.24, 2.45) is 12.9 Å². The Balaban J connectivity index is 2.16. The number of nitrogens with one attached hydrogen (secondary N) is 1. The molecule has 0 amide bonds. The third-order valence-corrected chi connectivity index (χ3v) is 3.23. The molecule has 1 unspecified atom stereocenters. The molecule has 7 heteroatoms. The minimum absolute atomic E-state index is 0.117. The Labute approximate surface area is 118 Å². The van der Waals surface area contributed by atoms with Gasteiger partial charge in [-0.1, -0.05) is 6.92 Å². The highest BCUT2D eigenvalue weighted by Gasteiger charge is 2.16. The van der Waals surface area contributed by atoms with E-state index >= 15 is 0 Å². The minimum Gasteiger partial charge on any atom is -0.480 e. The number of nitrogens with zero attached hydrogens (tertiary/aromatic N) is 4. The second-order valence-electron chi connectivity index (χ2n) is 4.53. The molecule has 0 spiro atoms. The molecule has 0 radical (unpaired) electrons. The summed E-state index contributed by atoms with van der Waals surface area (Å²) in [5.41, 5.74) is 5.71. The van der Waals surface area contributed by atoms with E-state index in [1.807, 2.05) is 17.8 Å². The predicted molar refractivity (Wildman–Crippen MR) is 74.9 cm³/mol. The summed E-state index contributed by atoms with van der Waals surface area (Å²) in [7, 11) is 3.49. The van der Waals surface area contributed by atoms with Crippen LogP contribution in [0.1, 0.15) is 30.0 Å². The van der Waals surface area contributed by atoms with Crippen LogP contribution in [0.25, 0.3) is 0 Å². The lowest BCUT2D eigenvalue weighted by molar-refractivity contribution is 0.389. The minimum atomic E-state index is -0.117. The molecule has 0 aromatic carbocycles. The van der Waals surface area contributed by atoms with Gasteiger partial charge in [-0.3, -0.25) is 16.0 Å². The Morgan fingerprint density at radius 3 is 2.70 bits per heavy atom. The van der Waals surface area contributed by atoms with E-state index in [0.717, 1.165) is 23.5 Å². The molecule has 7 nitrogen and oxygen atoms in total. The van der Waals surface area contributed by atoms with Crippen molar-refractivity contribution in [2.45, 2.75) is 25.8 Å². The van der Waals surface area contributed by atoms with Gasteiger partial charge in [0.1, 0.15) is 0 Å². The van der Waals surface area contributed by atoms with Crippen LogP contribution in [-0.4, -0.2) is 27.1 Å². The van der Waals surface area contributed by atoms with E-state index in [2.05, 4.69) is 33.7 Å². The molecule has 3 N–H and O–H groups in total. The van der Waals surface area contributed by atoms with E-state index in [0.29, 0.717) is 12.3 Å². The predicted octanol–water partition coefficient (Wildman–Crippen LogP) is 0.528. The number of ether oxygens (including phenoxy) is 1. The molecule has 0 aliphatic rings. The Kier molecular flexibility index (Phi) is 4.65. The maximum atomic E-state index is 5.63. The second-order valence-corrected chi connectivity index (χ2v) is 4.53. The van der Waals surface area contributed by atoms with Crippen LogP contribution in [0, 0.1) is 0 Å². The lowest BCUT2D eigenvalue weighted by atomic mass is 10.1. The summed E-state index contributed by atoms with van der Waals surface area (Å²) >= 11 is 0. The molecule has 2 aromatic heterocycles. The van der Waals surface area contributed by atoms with Crippen LogP contribution in [0.5, 0.6) is 5.88 Å². The Morgan fingerprint density at radius 1 is 1.40 bits per heavy atom. The quantitative estimate of drug-likeness (QED) is 0.591. The van der Waals surface area contributed by atoms with Crippen LogP contribution in [0.3, 0.4) is 0 Å². The molecule has 108 valence electrons. The molecule has 0 fully saturated rings. The summed E-state index contributed by atoms with van der Waals surface area (Å²) < 4.78 is 6.87. The highest BCUT2D eigenvalue weighted by Crippen LogP contribution is 2.17. The van der Waals surface area contributed by atoms with Crippen molar-refractivity contribution < 1.29 is 4.74 Å². The normalized spacial score (nSPS) is 12.4. The van der Waals surface area contributed by atoms with Gasteiger partial charge in [0.15, 0.2) is 0 Å². The zero-order chi connectivity index (χ0) is 14.5. The topological polar surface area (TPSA) is 90.9 Å². The highest BCUT2D eigenvalue weighted by molar-refractivity contribution is 5.18. The first-order valence-electron chi connectivity index (χ1n) is 6.53. The molecule has 2 heterocycles. The zero-order valence-electron chi connectivity index (χ0n) is 12.0. The summed E-state index contributed by atoms with van der Waals surface area (Å²) in [6.07, 6.45) is 1.61. The fourth-order valence-electron chi connectivity index (χ4n) is 2.02. The molecular weight excluding hydrogens is 256 g/mol. The first-order chi connectivity index (χ1) is 9.67. The number of hydrogen-bond donors (Lipinski definition) is 2. The van der Waals surface area contributed by atoms with E-state index < -0.39 is 0 Å². The number of hydrazine groups is 1. The first kappa shape index (κ1) is 14.4. The maximum absolute atomic E-state index is 5.63. The largest absolute Gasteiger partial charge is 0.480 e. The Bertz CT molecular complexity index is 550. The summed E-state index contributed by atoms with van der Waals surface area (Å²) in [4.78, 5) is 0. The third kappa shape index (κ3) is 3.12. The van der Waals surface area contributed by atoms with Gasteiger partial charge in [-0.15, -0.1) is 5.10 Å². The summed E-state index contributed by atoms with van der Waals surface area (Å²) in [5, 5.41) is 12.5. The molecule has 20 heavy (non-hydrogen) atoms. The number of aryl methyl sites for hydroxylation is 2. The SMILES string of the molecule is CCc1cc(CC(NN)c2ccc(OC)nn2)n(C)n1. The molecule has 0 saturated heterocycles. The van der Waals surface area contributed by atoms with Gasteiger partial charge in [0, 0.05) is 25.2 Å². The van der Waals surface area contributed by atoms with E-state index in [9.17, 15) is 0 Å².